The van der Waals surface area contributed by atoms with Crippen LogP contribution in [0.1, 0.15) is 39.5 Å². The van der Waals surface area contributed by atoms with Gasteiger partial charge in [0.2, 0.25) is 0 Å². The van der Waals surface area contributed by atoms with E-state index in [-0.39, 0.29) is 0 Å². The minimum Gasteiger partial charge on any atom is -0.311 e. The topological polar surface area (TPSA) is 12.0 Å². The first-order valence-corrected chi connectivity index (χ1v) is 6.70. The Morgan fingerprint density at radius 2 is 1.92 bits per heavy atom. The van der Waals surface area contributed by atoms with Crippen LogP contribution in [0.25, 0.3) is 0 Å². The highest BCUT2D eigenvalue weighted by molar-refractivity contribution is 7.99. The maximum Gasteiger partial charge on any atom is 0.00951 e. The van der Waals surface area contributed by atoms with E-state index in [1.165, 1.54) is 37.2 Å². The largest absolute Gasteiger partial charge is 0.311 e. The quantitative estimate of drug-likeness (QED) is 0.750. The molecule has 2 heteroatoms. The summed E-state index contributed by atoms with van der Waals surface area (Å²) >= 11 is 2.11. The lowest BCUT2D eigenvalue weighted by Gasteiger charge is -2.29. The van der Waals surface area contributed by atoms with E-state index in [4.69, 9.17) is 0 Å². The minimum absolute atomic E-state index is 0.643. The third-order valence-electron chi connectivity index (χ3n) is 3.79. The van der Waals surface area contributed by atoms with E-state index < -0.39 is 0 Å². The lowest BCUT2D eigenvalue weighted by atomic mass is 9.99. The van der Waals surface area contributed by atoms with E-state index in [9.17, 15) is 0 Å². The van der Waals surface area contributed by atoms with Gasteiger partial charge in [-0.15, -0.1) is 0 Å². The molecule has 2 rings (SSSR count). The van der Waals surface area contributed by atoms with Gasteiger partial charge in [0, 0.05) is 12.1 Å². The van der Waals surface area contributed by atoms with Gasteiger partial charge in [0.15, 0.2) is 0 Å². The fraction of sp³-hybridized carbons (Fsp3) is 1.00. The molecule has 13 heavy (non-hydrogen) atoms. The first-order valence-electron chi connectivity index (χ1n) is 5.54. The van der Waals surface area contributed by atoms with Crippen LogP contribution in [0, 0.1) is 5.41 Å². The summed E-state index contributed by atoms with van der Waals surface area (Å²) in [5.74, 6) is 2.72. The summed E-state index contributed by atoms with van der Waals surface area (Å²) in [4.78, 5) is 0. The molecular formula is C11H21NS. The first kappa shape index (κ1) is 9.85. The van der Waals surface area contributed by atoms with Crippen molar-refractivity contribution >= 4 is 11.8 Å². The molecule has 1 aliphatic heterocycles. The smallest absolute Gasteiger partial charge is 0.00951 e. The van der Waals surface area contributed by atoms with E-state index >= 15 is 0 Å². The molecule has 0 aromatic carbocycles. The molecule has 76 valence electrons. The number of nitrogens with one attached hydrogen (secondary N) is 1. The van der Waals surface area contributed by atoms with Crippen molar-refractivity contribution in [2.75, 3.05) is 11.5 Å². The van der Waals surface area contributed by atoms with Crippen LogP contribution >= 0.6 is 11.8 Å². The molecule has 0 radical (unpaired) electrons. The van der Waals surface area contributed by atoms with E-state index in [0.29, 0.717) is 5.41 Å². The molecule has 1 nitrogen and oxygen atoms in total. The maximum absolute atomic E-state index is 3.81. The second-order valence-electron chi connectivity index (χ2n) is 4.93. The number of thioether (sulfide) groups is 1. The molecule has 1 unspecified atom stereocenters. The van der Waals surface area contributed by atoms with Crippen molar-refractivity contribution < 1.29 is 0 Å². The van der Waals surface area contributed by atoms with Gasteiger partial charge in [-0.1, -0.05) is 6.92 Å². The van der Waals surface area contributed by atoms with Crippen molar-refractivity contribution in [1.82, 2.24) is 5.32 Å². The van der Waals surface area contributed by atoms with Crippen molar-refractivity contribution in [3.63, 3.8) is 0 Å². The molecule has 1 heterocycles. The molecule has 0 aromatic rings. The fourth-order valence-corrected chi connectivity index (χ4v) is 3.16. The Bertz CT molecular complexity index is 171. The van der Waals surface area contributed by atoms with Crippen LogP contribution < -0.4 is 5.32 Å². The second kappa shape index (κ2) is 3.82. The average Bonchev–Trinajstić information content (AvgIpc) is 2.87. The molecule has 1 aliphatic carbocycles. The number of hydrogen-bond donors (Lipinski definition) is 1. The predicted molar refractivity (Wildman–Crippen MR) is 60.3 cm³/mol. The van der Waals surface area contributed by atoms with Crippen LogP contribution in [-0.4, -0.2) is 23.6 Å². The fourth-order valence-electron chi connectivity index (χ4n) is 2.05. The van der Waals surface area contributed by atoms with Crippen molar-refractivity contribution in [2.45, 2.75) is 51.6 Å². The second-order valence-corrected chi connectivity index (χ2v) is 6.15. The van der Waals surface area contributed by atoms with Gasteiger partial charge in [-0.3, -0.25) is 0 Å². The summed E-state index contributed by atoms with van der Waals surface area (Å²) in [7, 11) is 0. The van der Waals surface area contributed by atoms with Crippen LogP contribution in [-0.2, 0) is 0 Å². The summed E-state index contributed by atoms with van der Waals surface area (Å²) in [6.45, 7) is 4.79. The Morgan fingerprint density at radius 1 is 1.31 bits per heavy atom. The van der Waals surface area contributed by atoms with Crippen molar-refractivity contribution in [3.05, 3.63) is 0 Å². The molecule has 0 spiro atoms. The molecule has 0 aromatic heterocycles. The van der Waals surface area contributed by atoms with Gasteiger partial charge in [-0.05, 0) is 49.5 Å². The van der Waals surface area contributed by atoms with Crippen LogP contribution in [0.2, 0.25) is 0 Å². The third kappa shape index (κ3) is 2.41. The van der Waals surface area contributed by atoms with Crippen LogP contribution in [0.3, 0.4) is 0 Å². The van der Waals surface area contributed by atoms with Gasteiger partial charge in [0.05, 0.1) is 0 Å². The van der Waals surface area contributed by atoms with Crippen LogP contribution in [0.15, 0.2) is 0 Å². The third-order valence-corrected chi connectivity index (χ3v) is 4.84. The Kier molecular flexibility index (Phi) is 2.89. The lowest BCUT2D eigenvalue weighted by molar-refractivity contribution is 0.327. The molecule has 1 saturated carbocycles. The highest BCUT2D eigenvalue weighted by atomic mass is 32.2. The first-order chi connectivity index (χ1) is 6.21. The van der Waals surface area contributed by atoms with Gasteiger partial charge in [0.25, 0.3) is 0 Å². The zero-order valence-corrected chi connectivity index (χ0v) is 9.62. The van der Waals surface area contributed by atoms with Crippen LogP contribution in [0.5, 0.6) is 0 Å². The summed E-state index contributed by atoms with van der Waals surface area (Å²) in [5, 5.41) is 3.81. The van der Waals surface area contributed by atoms with Gasteiger partial charge >= 0.3 is 0 Å². The van der Waals surface area contributed by atoms with Gasteiger partial charge in [0.1, 0.15) is 0 Å². The van der Waals surface area contributed by atoms with E-state index in [0.717, 1.165) is 12.1 Å². The zero-order valence-electron chi connectivity index (χ0n) is 8.81. The molecule has 1 saturated heterocycles. The summed E-state index contributed by atoms with van der Waals surface area (Å²) in [5.41, 5.74) is 0.643. The Morgan fingerprint density at radius 3 is 2.46 bits per heavy atom. The van der Waals surface area contributed by atoms with E-state index in [2.05, 4.69) is 30.9 Å². The highest BCUT2D eigenvalue weighted by Gasteiger charge is 2.42. The van der Waals surface area contributed by atoms with Gasteiger partial charge < -0.3 is 5.32 Å². The Balaban J connectivity index is 1.76. The predicted octanol–water partition coefficient (Wildman–Crippen LogP) is 2.66. The molecule has 1 N–H and O–H groups in total. The van der Waals surface area contributed by atoms with Crippen molar-refractivity contribution in [3.8, 4) is 0 Å². The lowest BCUT2D eigenvalue weighted by Crippen LogP contribution is -2.42. The maximum atomic E-state index is 3.81. The number of hydrogen-bond acceptors (Lipinski definition) is 2. The molecule has 2 aliphatic rings. The molecule has 2 fully saturated rings. The minimum atomic E-state index is 0.643. The van der Waals surface area contributed by atoms with Crippen molar-refractivity contribution in [1.29, 1.82) is 0 Å². The molecule has 0 bridgehead atoms. The van der Waals surface area contributed by atoms with Crippen LogP contribution in [0.4, 0.5) is 0 Å². The van der Waals surface area contributed by atoms with Crippen molar-refractivity contribution in [2.24, 2.45) is 5.41 Å². The zero-order chi connectivity index (χ0) is 9.31. The molecular weight excluding hydrogens is 178 g/mol. The Labute approximate surface area is 86.0 Å². The Hall–Kier alpha value is 0.310. The summed E-state index contributed by atoms with van der Waals surface area (Å²) in [6.07, 6.45) is 5.63. The summed E-state index contributed by atoms with van der Waals surface area (Å²) in [6, 6.07) is 1.55. The van der Waals surface area contributed by atoms with Gasteiger partial charge in [-0.2, -0.15) is 11.8 Å². The van der Waals surface area contributed by atoms with E-state index in [1.54, 1.807) is 0 Å². The SMILES string of the molecule is CC(NC1CCSCC1)C1(C)CC1. The standard InChI is InChI=1S/C11H21NS/c1-9(11(2)5-6-11)12-10-3-7-13-8-4-10/h9-10,12H,3-8H2,1-2H3. The summed E-state index contributed by atoms with van der Waals surface area (Å²) < 4.78 is 0. The average molecular weight is 199 g/mol. The molecule has 0 amide bonds. The van der Waals surface area contributed by atoms with E-state index in [1.807, 2.05) is 0 Å². The molecule has 1 atom stereocenters. The highest BCUT2D eigenvalue weighted by Crippen LogP contribution is 2.48. The number of rotatable bonds is 3. The normalized spacial score (nSPS) is 30.0. The van der Waals surface area contributed by atoms with Gasteiger partial charge in [-0.25, -0.2) is 0 Å². The monoisotopic (exact) mass is 199 g/mol.